The fraction of sp³-hybridized carbons (Fsp3) is 0.391. The second-order valence-electron chi connectivity index (χ2n) is 7.64. The van der Waals surface area contributed by atoms with Crippen LogP contribution >= 0.6 is 0 Å². The van der Waals surface area contributed by atoms with Crippen LogP contribution in [0, 0.1) is 0 Å². The van der Waals surface area contributed by atoms with Crippen LogP contribution < -0.4 is 0 Å². The van der Waals surface area contributed by atoms with Gasteiger partial charge in [-0.15, -0.1) is 0 Å². The SMILES string of the molecule is FC(F)(F)c1cccc(CCC2=CC3COCC(C2)N3Cc2ccccc2)c1. The van der Waals surface area contributed by atoms with Crippen LogP contribution in [0.25, 0.3) is 0 Å². The maximum absolute atomic E-state index is 12.9. The number of morpholine rings is 1. The van der Waals surface area contributed by atoms with Crippen molar-refractivity contribution in [3.8, 4) is 0 Å². The second kappa shape index (κ2) is 8.10. The molecular weight excluding hydrogens is 363 g/mol. The molecule has 2 bridgehead atoms. The van der Waals surface area contributed by atoms with Crippen molar-refractivity contribution in [3.05, 3.63) is 82.9 Å². The van der Waals surface area contributed by atoms with E-state index in [1.807, 2.05) is 6.07 Å². The minimum absolute atomic E-state index is 0.240. The van der Waals surface area contributed by atoms with Gasteiger partial charge in [-0.2, -0.15) is 13.2 Å². The predicted octanol–water partition coefficient (Wildman–Crippen LogP) is 5.24. The van der Waals surface area contributed by atoms with Gasteiger partial charge < -0.3 is 4.74 Å². The van der Waals surface area contributed by atoms with Gasteiger partial charge in [0.25, 0.3) is 0 Å². The van der Waals surface area contributed by atoms with Crippen molar-refractivity contribution in [2.24, 2.45) is 0 Å². The van der Waals surface area contributed by atoms with Crippen molar-refractivity contribution in [3.63, 3.8) is 0 Å². The first-order chi connectivity index (χ1) is 13.5. The summed E-state index contributed by atoms with van der Waals surface area (Å²) in [6.07, 6.45) is 0.336. The number of alkyl halides is 3. The molecule has 2 aromatic rings. The molecule has 0 N–H and O–H groups in total. The van der Waals surface area contributed by atoms with Gasteiger partial charge in [-0.25, -0.2) is 0 Å². The minimum atomic E-state index is -4.29. The first-order valence-corrected chi connectivity index (χ1v) is 9.72. The highest BCUT2D eigenvalue weighted by molar-refractivity contribution is 5.27. The summed E-state index contributed by atoms with van der Waals surface area (Å²) < 4.78 is 44.5. The number of benzene rings is 2. The normalized spacial score (nSPS) is 22.8. The highest BCUT2D eigenvalue weighted by Crippen LogP contribution is 2.32. The fourth-order valence-electron chi connectivity index (χ4n) is 4.18. The molecule has 2 aliphatic heterocycles. The molecule has 4 rings (SSSR count). The van der Waals surface area contributed by atoms with E-state index in [4.69, 9.17) is 4.74 Å². The molecule has 2 atom stereocenters. The van der Waals surface area contributed by atoms with E-state index in [0.717, 1.165) is 31.0 Å². The minimum Gasteiger partial charge on any atom is -0.378 e. The Morgan fingerprint density at radius 3 is 2.46 bits per heavy atom. The molecule has 2 aromatic carbocycles. The zero-order chi connectivity index (χ0) is 19.6. The van der Waals surface area contributed by atoms with E-state index in [2.05, 4.69) is 35.2 Å². The highest BCUT2D eigenvalue weighted by atomic mass is 19.4. The van der Waals surface area contributed by atoms with Crippen LogP contribution in [0.15, 0.2) is 66.2 Å². The van der Waals surface area contributed by atoms with Crippen molar-refractivity contribution in [2.45, 2.75) is 44.1 Å². The van der Waals surface area contributed by atoms with Crippen molar-refractivity contribution < 1.29 is 17.9 Å². The highest BCUT2D eigenvalue weighted by Gasteiger charge is 2.34. The lowest BCUT2D eigenvalue weighted by Crippen LogP contribution is -2.53. The lowest BCUT2D eigenvalue weighted by molar-refractivity contribution is -0.137. The first kappa shape index (κ1) is 19.2. The van der Waals surface area contributed by atoms with Crippen LogP contribution in [0.3, 0.4) is 0 Å². The van der Waals surface area contributed by atoms with Gasteiger partial charge in [0, 0.05) is 12.6 Å². The fourth-order valence-corrected chi connectivity index (χ4v) is 4.18. The number of fused-ring (bicyclic) bond motifs is 2. The Morgan fingerprint density at radius 2 is 1.71 bits per heavy atom. The average molecular weight is 387 g/mol. The quantitative estimate of drug-likeness (QED) is 0.651. The van der Waals surface area contributed by atoms with Crippen LogP contribution in [0.4, 0.5) is 13.2 Å². The smallest absolute Gasteiger partial charge is 0.378 e. The van der Waals surface area contributed by atoms with E-state index >= 15 is 0 Å². The third-order valence-electron chi connectivity index (χ3n) is 5.62. The maximum Gasteiger partial charge on any atom is 0.416 e. The van der Waals surface area contributed by atoms with Gasteiger partial charge in [-0.05, 0) is 36.5 Å². The topological polar surface area (TPSA) is 12.5 Å². The van der Waals surface area contributed by atoms with E-state index < -0.39 is 11.7 Å². The van der Waals surface area contributed by atoms with Gasteiger partial charge in [0.15, 0.2) is 0 Å². The molecule has 1 saturated heterocycles. The van der Waals surface area contributed by atoms with Gasteiger partial charge in [0.1, 0.15) is 0 Å². The average Bonchev–Trinajstić information content (AvgIpc) is 2.67. The first-order valence-electron chi connectivity index (χ1n) is 9.72. The van der Waals surface area contributed by atoms with E-state index in [9.17, 15) is 13.2 Å². The van der Waals surface area contributed by atoms with Gasteiger partial charge in [-0.1, -0.05) is 60.2 Å². The van der Waals surface area contributed by atoms with Crippen LogP contribution in [0.1, 0.15) is 29.5 Å². The molecule has 0 aliphatic carbocycles. The summed E-state index contributed by atoms with van der Waals surface area (Å²) in [6.45, 7) is 2.29. The summed E-state index contributed by atoms with van der Waals surface area (Å²) in [6, 6.07) is 16.7. The molecule has 5 heteroatoms. The monoisotopic (exact) mass is 387 g/mol. The number of halogens is 3. The largest absolute Gasteiger partial charge is 0.416 e. The Hall–Kier alpha value is -2.11. The van der Waals surface area contributed by atoms with Crippen LogP contribution in [0.5, 0.6) is 0 Å². The summed E-state index contributed by atoms with van der Waals surface area (Å²) in [7, 11) is 0. The van der Waals surface area contributed by atoms with Crippen LogP contribution in [-0.2, 0) is 23.9 Å². The van der Waals surface area contributed by atoms with Crippen LogP contribution in [-0.4, -0.2) is 30.2 Å². The van der Waals surface area contributed by atoms with E-state index in [-0.39, 0.29) is 6.04 Å². The van der Waals surface area contributed by atoms with Crippen molar-refractivity contribution >= 4 is 0 Å². The molecule has 28 heavy (non-hydrogen) atoms. The number of hydrogen-bond donors (Lipinski definition) is 0. The van der Waals surface area contributed by atoms with Gasteiger partial charge in [0.2, 0.25) is 0 Å². The summed E-state index contributed by atoms with van der Waals surface area (Å²) in [5.74, 6) is 0. The van der Waals surface area contributed by atoms with Crippen molar-refractivity contribution in [2.75, 3.05) is 13.2 Å². The standard InChI is InChI=1S/C23H24F3NO/c24-23(25,26)20-8-4-7-17(11-20)9-10-19-12-21-15-28-16-22(13-19)27(21)14-18-5-2-1-3-6-18/h1-8,11-12,21-22H,9-10,13-16H2. The molecule has 2 heterocycles. The maximum atomic E-state index is 12.9. The van der Waals surface area contributed by atoms with Crippen molar-refractivity contribution in [1.29, 1.82) is 0 Å². The molecule has 1 fully saturated rings. The zero-order valence-corrected chi connectivity index (χ0v) is 15.7. The van der Waals surface area contributed by atoms with Gasteiger partial charge in [-0.3, -0.25) is 4.90 Å². The number of hydrogen-bond acceptors (Lipinski definition) is 2. The van der Waals surface area contributed by atoms with Gasteiger partial charge in [0.05, 0.1) is 24.8 Å². The number of ether oxygens (including phenoxy) is 1. The summed E-state index contributed by atoms with van der Waals surface area (Å²) >= 11 is 0. The van der Waals surface area contributed by atoms with E-state index in [0.29, 0.717) is 25.7 Å². The Kier molecular flexibility index (Phi) is 5.56. The lowest BCUT2D eigenvalue weighted by Gasteiger charge is -2.45. The lowest BCUT2D eigenvalue weighted by atomic mass is 9.90. The Labute approximate surface area is 163 Å². The predicted molar refractivity (Wildman–Crippen MR) is 103 cm³/mol. The second-order valence-corrected chi connectivity index (χ2v) is 7.64. The molecule has 0 amide bonds. The number of aryl methyl sites for hydroxylation is 1. The van der Waals surface area contributed by atoms with E-state index in [1.54, 1.807) is 6.07 Å². The third-order valence-corrected chi connectivity index (χ3v) is 5.62. The molecule has 0 spiro atoms. The Balaban J connectivity index is 1.43. The molecule has 0 aromatic heterocycles. The molecule has 0 saturated carbocycles. The van der Waals surface area contributed by atoms with Crippen molar-refractivity contribution in [1.82, 2.24) is 4.90 Å². The molecule has 2 unspecified atom stereocenters. The van der Waals surface area contributed by atoms with E-state index in [1.165, 1.54) is 23.3 Å². The summed E-state index contributed by atoms with van der Waals surface area (Å²) in [4.78, 5) is 2.49. The zero-order valence-electron chi connectivity index (χ0n) is 15.7. The van der Waals surface area contributed by atoms with Crippen LogP contribution in [0.2, 0.25) is 0 Å². The Bertz CT molecular complexity index is 831. The molecule has 0 radical (unpaired) electrons. The summed E-state index contributed by atoms with van der Waals surface area (Å²) in [5, 5.41) is 0. The Morgan fingerprint density at radius 1 is 0.929 bits per heavy atom. The summed E-state index contributed by atoms with van der Waals surface area (Å²) in [5.41, 5.74) is 2.80. The number of rotatable bonds is 5. The number of nitrogens with zero attached hydrogens (tertiary/aromatic N) is 1. The molecular formula is C23H24F3NO. The third kappa shape index (κ3) is 4.47. The molecule has 2 nitrogen and oxygen atoms in total. The molecule has 2 aliphatic rings. The molecule has 148 valence electrons. The van der Waals surface area contributed by atoms with Gasteiger partial charge >= 0.3 is 6.18 Å².